The topological polar surface area (TPSA) is 63.6 Å². The number of thioether (sulfide) groups is 1. The molecule has 0 amide bonds. The van der Waals surface area contributed by atoms with Crippen LogP contribution in [0.4, 0.5) is 0 Å². The summed E-state index contributed by atoms with van der Waals surface area (Å²) >= 11 is 1.61. The fourth-order valence-electron chi connectivity index (χ4n) is 1.22. The van der Waals surface area contributed by atoms with Crippen LogP contribution in [0.2, 0.25) is 0 Å². The van der Waals surface area contributed by atoms with Gasteiger partial charge in [-0.05, 0) is 18.2 Å². The Morgan fingerprint density at radius 1 is 1.31 bits per heavy atom. The summed E-state index contributed by atoms with van der Waals surface area (Å²) in [6, 6.07) is 5.28. The van der Waals surface area contributed by atoms with Gasteiger partial charge >= 0.3 is 5.97 Å². The second-order valence-electron chi connectivity index (χ2n) is 3.18. The van der Waals surface area contributed by atoms with Crippen LogP contribution in [0.1, 0.15) is 21.9 Å². The van der Waals surface area contributed by atoms with E-state index in [1.807, 2.05) is 12.1 Å². The standard InChI is InChI=1S/C11H10O4S/c12-11(13)8-4-10(15-5-8)7-16-6-9-2-1-3-14-9/h1-5H,6-7H2,(H,12,13). The van der Waals surface area contributed by atoms with E-state index in [4.69, 9.17) is 13.9 Å². The first-order chi connectivity index (χ1) is 7.75. The second-order valence-corrected chi connectivity index (χ2v) is 4.16. The molecule has 0 radical (unpaired) electrons. The van der Waals surface area contributed by atoms with Crippen LogP contribution in [0.5, 0.6) is 0 Å². The van der Waals surface area contributed by atoms with Crippen LogP contribution in [0.15, 0.2) is 39.6 Å². The average Bonchev–Trinajstić information content (AvgIpc) is 2.87. The molecular weight excluding hydrogens is 228 g/mol. The van der Waals surface area contributed by atoms with Crippen molar-refractivity contribution in [1.29, 1.82) is 0 Å². The summed E-state index contributed by atoms with van der Waals surface area (Å²) in [6.45, 7) is 0. The number of aromatic carboxylic acids is 1. The van der Waals surface area contributed by atoms with Crippen molar-refractivity contribution in [3.63, 3.8) is 0 Å². The Kier molecular flexibility index (Phi) is 3.36. The summed E-state index contributed by atoms with van der Waals surface area (Å²) in [4.78, 5) is 10.6. The van der Waals surface area contributed by atoms with Crippen LogP contribution >= 0.6 is 11.8 Å². The number of carbonyl (C=O) groups is 1. The second kappa shape index (κ2) is 4.94. The van der Waals surface area contributed by atoms with E-state index in [2.05, 4.69) is 0 Å². The summed E-state index contributed by atoms with van der Waals surface area (Å²) in [5.41, 5.74) is 0.189. The molecule has 1 N–H and O–H groups in total. The smallest absolute Gasteiger partial charge is 0.338 e. The molecule has 2 heterocycles. The van der Waals surface area contributed by atoms with Gasteiger partial charge in [-0.3, -0.25) is 0 Å². The summed E-state index contributed by atoms with van der Waals surface area (Å²) in [5.74, 6) is 1.97. The van der Waals surface area contributed by atoms with Gasteiger partial charge in [-0.15, -0.1) is 11.8 Å². The Morgan fingerprint density at radius 3 is 2.75 bits per heavy atom. The van der Waals surface area contributed by atoms with Crippen LogP contribution in [0.25, 0.3) is 0 Å². The van der Waals surface area contributed by atoms with Crippen LogP contribution in [0, 0.1) is 0 Å². The Morgan fingerprint density at radius 2 is 2.12 bits per heavy atom. The van der Waals surface area contributed by atoms with Gasteiger partial charge in [0.25, 0.3) is 0 Å². The first-order valence-corrected chi connectivity index (χ1v) is 5.82. The molecule has 0 aromatic carbocycles. The van der Waals surface area contributed by atoms with E-state index in [1.165, 1.54) is 12.3 Å². The highest BCUT2D eigenvalue weighted by Gasteiger charge is 2.08. The largest absolute Gasteiger partial charge is 0.478 e. The predicted octanol–water partition coefficient (Wildman–Crippen LogP) is 3.00. The number of carboxylic acid groups (broad SMARTS) is 1. The number of hydrogen-bond acceptors (Lipinski definition) is 4. The molecule has 0 saturated carbocycles. The lowest BCUT2D eigenvalue weighted by Gasteiger charge is -1.95. The van der Waals surface area contributed by atoms with Gasteiger partial charge in [0, 0.05) is 0 Å². The molecule has 0 unspecified atom stereocenters. The van der Waals surface area contributed by atoms with E-state index in [0.717, 1.165) is 11.5 Å². The summed E-state index contributed by atoms with van der Waals surface area (Å²) in [7, 11) is 0. The Balaban J connectivity index is 1.83. The van der Waals surface area contributed by atoms with Crippen LogP contribution in [-0.4, -0.2) is 11.1 Å². The van der Waals surface area contributed by atoms with Crippen LogP contribution in [-0.2, 0) is 11.5 Å². The first kappa shape index (κ1) is 10.9. The van der Waals surface area contributed by atoms with E-state index in [1.54, 1.807) is 18.0 Å². The molecule has 0 saturated heterocycles. The molecule has 0 fully saturated rings. The highest BCUT2D eigenvalue weighted by molar-refractivity contribution is 7.97. The Bertz CT molecular complexity index is 458. The maximum Gasteiger partial charge on any atom is 0.338 e. The Hall–Kier alpha value is -1.62. The lowest BCUT2D eigenvalue weighted by molar-refractivity contribution is 0.0696. The zero-order valence-electron chi connectivity index (χ0n) is 8.38. The summed E-state index contributed by atoms with van der Waals surface area (Å²) in [6.07, 6.45) is 2.89. The van der Waals surface area contributed by atoms with E-state index in [0.29, 0.717) is 11.5 Å². The van der Waals surface area contributed by atoms with Crippen molar-refractivity contribution < 1.29 is 18.7 Å². The van der Waals surface area contributed by atoms with Crippen molar-refractivity contribution >= 4 is 17.7 Å². The fourth-order valence-corrected chi connectivity index (χ4v) is 2.04. The average molecular weight is 238 g/mol. The number of furan rings is 2. The monoisotopic (exact) mass is 238 g/mol. The summed E-state index contributed by atoms with van der Waals surface area (Å²) in [5, 5.41) is 8.69. The van der Waals surface area contributed by atoms with E-state index in [-0.39, 0.29) is 5.56 Å². The van der Waals surface area contributed by atoms with Crippen molar-refractivity contribution in [2.45, 2.75) is 11.5 Å². The van der Waals surface area contributed by atoms with Gasteiger partial charge in [-0.2, -0.15) is 0 Å². The van der Waals surface area contributed by atoms with E-state index in [9.17, 15) is 4.79 Å². The maximum absolute atomic E-state index is 10.6. The zero-order valence-corrected chi connectivity index (χ0v) is 9.20. The molecule has 2 aromatic heterocycles. The molecule has 0 aliphatic carbocycles. The SMILES string of the molecule is O=C(O)c1coc(CSCc2ccco2)c1. The van der Waals surface area contributed by atoms with Gasteiger partial charge in [-0.25, -0.2) is 4.79 Å². The lowest BCUT2D eigenvalue weighted by Crippen LogP contribution is -1.91. The molecule has 2 aromatic rings. The maximum atomic E-state index is 10.6. The van der Waals surface area contributed by atoms with Crippen molar-refractivity contribution in [2.24, 2.45) is 0 Å². The molecule has 4 nitrogen and oxygen atoms in total. The molecule has 0 spiro atoms. The van der Waals surface area contributed by atoms with E-state index < -0.39 is 5.97 Å². The molecular formula is C11H10O4S. The minimum absolute atomic E-state index is 0.189. The third-order valence-corrected chi connectivity index (χ3v) is 2.95. The first-order valence-electron chi connectivity index (χ1n) is 4.66. The van der Waals surface area contributed by atoms with Crippen molar-refractivity contribution in [3.8, 4) is 0 Å². The van der Waals surface area contributed by atoms with Crippen molar-refractivity contribution in [2.75, 3.05) is 0 Å². The quantitative estimate of drug-likeness (QED) is 0.867. The molecule has 5 heteroatoms. The fraction of sp³-hybridized carbons (Fsp3) is 0.182. The molecule has 0 aliphatic rings. The molecule has 0 atom stereocenters. The van der Waals surface area contributed by atoms with Crippen molar-refractivity contribution in [1.82, 2.24) is 0 Å². The van der Waals surface area contributed by atoms with Gasteiger partial charge in [0.15, 0.2) is 0 Å². The molecule has 0 bridgehead atoms. The zero-order chi connectivity index (χ0) is 11.4. The van der Waals surface area contributed by atoms with Gasteiger partial charge in [0.2, 0.25) is 0 Å². The minimum Gasteiger partial charge on any atom is -0.478 e. The van der Waals surface area contributed by atoms with E-state index >= 15 is 0 Å². The predicted molar refractivity (Wildman–Crippen MR) is 59.4 cm³/mol. The van der Waals surface area contributed by atoms with Gasteiger partial charge in [0.05, 0.1) is 23.3 Å². The van der Waals surface area contributed by atoms with Crippen molar-refractivity contribution in [3.05, 3.63) is 47.8 Å². The molecule has 84 valence electrons. The summed E-state index contributed by atoms with van der Waals surface area (Å²) < 4.78 is 10.3. The number of carboxylic acids is 1. The third kappa shape index (κ3) is 2.70. The van der Waals surface area contributed by atoms with Gasteiger partial charge in [-0.1, -0.05) is 0 Å². The van der Waals surface area contributed by atoms with Crippen LogP contribution in [0.3, 0.4) is 0 Å². The van der Waals surface area contributed by atoms with Gasteiger partial charge in [0.1, 0.15) is 17.8 Å². The highest BCUT2D eigenvalue weighted by Crippen LogP contribution is 2.19. The minimum atomic E-state index is -0.967. The third-order valence-electron chi connectivity index (χ3n) is 1.97. The molecule has 0 aliphatic heterocycles. The lowest BCUT2D eigenvalue weighted by atomic mass is 10.3. The van der Waals surface area contributed by atoms with Crippen LogP contribution < -0.4 is 0 Å². The van der Waals surface area contributed by atoms with Gasteiger partial charge < -0.3 is 13.9 Å². The number of rotatable bonds is 5. The number of hydrogen-bond donors (Lipinski definition) is 1. The normalized spacial score (nSPS) is 10.5. The molecule has 2 rings (SSSR count). The molecule has 16 heavy (non-hydrogen) atoms. The highest BCUT2D eigenvalue weighted by atomic mass is 32.2. The Labute approximate surface area is 96.3 Å².